The molecule has 0 unspecified atom stereocenters. The molecular formula is C26H20N6O2. The second kappa shape index (κ2) is 9.41. The van der Waals surface area contributed by atoms with Gasteiger partial charge in [-0.25, -0.2) is 9.97 Å². The number of benzene rings is 1. The lowest BCUT2D eigenvalue weighted by Gasteiger charge is -2.09. The van der Waals surface area contributed by atoms with Crippen LogP contribution < -0.4 is 10.6 Å². The average molecular weight is 448 g/mol. The van der Waals surface area contributed by atoms with Gasteiger partial charge in [-0.05, 0) is 36.4 Å². The summed E-state index contributed by atoms with van der Waals surface area (Å²) in [6, 6.07) is 21.9. The van der Waals surface area contributed by atoms with E-state index in [4.69, 9.17) is 0 Å². The smallest absolute Gasteiger partial charge is 0.270 e. The normalized spacial score (nSPS) is 10.8. The van der Waals surface area contributed by atoms with Crippen LogP contribution in [0.2, 0.25) is 0 Å². The van der Waals surface area contributed by atoms with E-state index in [0.29, 0.717) is 24.1 Å². The zero-order valence-electron chi connectivity index (χ0n) is 18.1. The Morgan fingerprint density at radius 3 is 1.44 bits per heavy atom. The zero-order valence-corrected chi connectivity index (χ0v) is 18.1. The Labute approximate surface area is 195 Å². The van der Waals surface area contributed by atoms with Gasteiger partial charge in [0.1, 0.15) is 11.4 Å². The Balaban J connectivity index is 1.41. The van der Waals surface area contributed by atoms with E-state index in [1.807, 2.05) is 60.7 Å². The minimum absolute atomic E-state index is 0.266. The summed E-state index contributed by atoms with van der Waals surface area (Å²) in [5.41, 5.74) is 3.16. The third-order valence-electron chi connectivity index (χ3n) is 5.30. The largest absolute Gasteiger partial charge is 0.345 e. The van der Waals surface area contributed by atoms with Crippen molar-refractivity contribution in [3.63, 3.8) is 0 Å². The maximum Gasteiger partial charge on any atom is 0.270 e. The molecule has 166 valence electrons. The number of nitrogens with zero attached hydrogens (tertiary/aromatic N) is 4. The summed E-state index contributed by atoms with van der Waals surface area (Å²) in [5.74, 6) is -0.623. The topological polar surface area (TPSA) is 110 Å². The molecule has 0 aliphatic carbocycles. The van der Waals surface area contributed by atoms with E-state index in [2.05, 4.69) is 30.6 Å². The monoisotopic (exact) mass is 448 g/mol. The molecule has 0 fully saturated rings. The number of nitrogens with one attached hydrogen (secondary N) is 2. The van der Waals surface area contributed by atoms with Crippen molar-refractivity contribution in [1.82, 2.24) is 30.6 Å². The highest BCUT2D eigenvalue weighted by Crippen LogP contribution is 2.23. The van der Waals surface area contributed by atoms with Gasteiger partial charge in [-0.2, -0.15) is 0 Å². The first-order chi connectivity index (χ1) is 16.7. The first-order valence-electron chi connectivity index (χ1n) is 10.7. The summed E-state index contributed by atoms with van der Waals surface area (Å²) in [4.78, 5) is 43.0. The highest BCUT2D eigenvalue weighted by atomic mass is 16.2. The second-order valence-corrected chi connectivity index (χ2v) is 7.61. The number of hydrogen-bond donors (Lipinski definition) is 2. The van der Waals surface area contributed by atoms with Gasteiger partial charge in [-0.1, -0.05) is 36.4 Å². The molecule has 1 aromatic carbocycles. The summed E-state index contributed by atoms with van der Waals surface area (Å²) in [6.07, 6.45) is 3.36. The quantitative estimate of drug-likeness (QED) is 0.385. The van der Waals surface area contributed by atoms with Crippen LogP contribution in [0.3, 0.4) is 0 Å². The number of rotatable bonds is 6. The number of fused-ring (bicyclic) bond motifs is 3. The summed E-state index contributed by atoms with van der Waals surface area (Å²) in [7, 11) is 0. The lowest BCUT2D eigenvalue weighted by molar-refractivity contribution is 0.0937. The lowest BCUT2D eigenvalue weighted by atomic mass is 10.1. The Kier molecular flexibility index (Phi) is 5.85. The molecule has 0 aliphatic rings. The molecule has 0 bridgehead atoms. The average Bonchev–Trinajstić information content (AvgIpc) is 2.90. The highest BCUT2D eigenvalue weighted by molar-refractivity contribution is 6.06. The van der Waals surface area contributed by atoms with E-state index in [0.717, 1.165) is 22.2 Å². The van der Waals surface area contributed by atoms with Gasteiger partial charge in [0.05, 0.1) is 35.5 Å². The molecule has 5 rings (SSSR count). The molecule has 2 N–H and O–H groups in total. The van der Waals surface area contributed by atoms with Crippen molar-refractivity contribution in [2.24, 2.45) is 0 Å². The fourth-order valence-electron chi connectivity index (χ4n) is 3.55. The Morgan fingerprint density at radius 1 is 0.588 bits per heavy atom. The lowest BCUT2D eigenvalue weighted by Crippen LogP contribution is -2.24. The van der Waals surface area contributed by atoms with Gasteiger partial charge < -0.3 is 10.6 Å². The van der Waals surface area contributed by atoms with E-state index < -0.39 is 0 Å². The van der Waals surface area contributed by atoms with Crippen molar-refractivity contribution < 1.29 is 9.59 Å². The van der Waals surface area contributed by atoms with Crippen LogP contribution >= 0.6 is 0 Å². The van der Waals surface area contributed by atoms with Crippen LogP contribution in [-0.4, -0.2) is 31.8 Å². The van der Waals surface area contributed by atoms with E-state index in [9.17, 15) is 9.59 Å². The maximum absolute atomic E-state index is 12.7. The zero-order chi connectivity index (χ0) is 23.3. The van der Waals surface area contributed by atoms with Crippen molar-refractivity contribution in [2.75, 3.05) is 0 Å². The minimum atomic E-state index is -0.311. The molecule has 2 amide bonds. The van der Waals surface area contributed by atoms with Gasteiger partial charge in [-0.3, -0.25) is 19.6 Å². The third kappa shape index (κ3) is 4.56. The predicted molar refractivity (Wildman–Crippen MR) is 128 cm³/mol. The van der Waals surface area contributed by atoms with E-state index >= 15 is 0 Å². The summed E-state index contributed by atoms with van der Waals surface area (Å²) >= 11 is 0. The van der Waals surface area contributed by atoms with Gasteiger partial charge >= 0.3 is 0 Å². The molecule has 0 radical (unpaired) electrons. The summed E-state index contributed by atoms with van der Waals surface area (Å²) in [6.45, 7) is 0.599. The van der Waals surface area contributed by atoms with Crippen LogP contribution in [0.15, 0.2) is 85.2 Å². The Bertz CT molecular complexity index is 1380. The molecule has 0 saturated heterocycles. The van der Waals surface area contributed by atoms with E-state index in [1.165, 1.54) is 0 Å². The van der Waals surface area contributed by atoms with Crippen LogP contribution in [0.25, 0.3) is 21.8 Å². The number of carbonyl (C=O) groups excluding carboxylic acids is 2. The van der Waals surface area contributed by atoms with Gasteiger partial charge in [0.2, 0.25) is 0 Å². The summed E-state index contributed by atoms with van der Waals surface area (Å²) in [5, 5.41) is 7.32. The van der Waals surface area contributed by atoms with E-state index in [1.54, 1.807) is 24.5 Å². The molecule has 34 heavy (non-hydrogen) atoms. The van der Waals surface area contributed by atoms with Crippen molar-refractivity contribution in [2.45, 2.75) is 13.1 Å². The molecule has 0 spiro atoms. The number of aromatic nitrogens is 4. The first kappa shape index (κ1) is 21.1. The van der Waals surface area contributed by atoms with Crippen LogP contribution in [0.5, 0.6) is 0 Å². The molecule has 8 nitrogen and oxygen atoms in total. The number of pyridine rings is 4. The van der Waals surface area contributed by atoms with Gasteiger partial charge in [-0.15, -0.1) is 0 Å². The Hall–Kier alpha value is -4.72. The van der Waals surface area contributed by atoms with Crippen molar-refractivity contribution in [1.29, 1.82) is 0 Å². The highest BCUT2D eigenvalue weighted by Gasteiger charge is 2.13. The number of hydrogen-bond acceptors (Lipinski definition) is 6. The van der Waals surface area contributed by atoms with Crippen molar-refractivity contribution in [3.8, 4) is 0 Å². The second-order valence-electron chi connectivity index (χ2n) is 7.61. The Morgan fingerprint density at radius 2 is 1.03 bits per heavy atom. The SMILES string of the molecule is O=C(NCc1ccccn1)c1ccc2ccc3ccc(C(=O)NCc4ccccn4)nc3c2n1. The van der Waals surface area contributed by atoms with E-state index in [-0.39, 0.29) is 23.2 Å². The van der Waals surface area contributed by atoms with Crippen LogP contribution in [0, 0.1) is 0 Å². The fourth-order valence-corrected chi connectivity index (χ4v) is 3.55. The van der Waals surface area contributed by atoms with Crippen LogP contribution in [-0.2, 0) is 13.1 Å². The maximum atomic E-state index is 12.7. The molecule has 0 aliphatic heterocycles. The molecular weight excluding hydrogens is 428 g/mol. The molecule has 4 aromatic heterocycles. The van der Waals surface area contributed by atoms with Crippen LogP contribution in [0.1, 0.15) is 32.4 Å². The molecule has 0 saturated carbocycles. The van der Waals surface area contributed by atoms with Gasteiger partial charge in [0.25, 0.3) is 11.8 Å². The molecule has 8 heteroatoms. The van der Waals surface area contributed by atoms with Gasteiger partial charge in [0.15, 0.2) is 0 Å². The fraction of sp³-hybridized carbons (Fsp3) is 0.0769. The molecule has 4 heterocycles. The molecule has 0 atom stereocenters. The first-order valence-corrected chi connectivity index (χ1v) is 10.7. The summed E-state index contributed by atoms with van der Waals surface area (Å²) < 4.78 is 0. The molecule has 5 aromatic rings. The van der Waals surface area contributed by atoms with Gasteiger partial charge in [0, 0.05) is 23.2 Å². The van der Waals surface area contributed by atoms with Crippen LogP contribution in [0.4, 0.5) is 0 Å². The third-order valence-corrected chi connectivity index (χ3v) is 5.30. The standard InChI is InChI=1S/C26H20N6O2/c33-25(29-15-19-5-1-3-13-27-19)21-11-9-17-7-8-18-10-12-22(32-24(18)23(17)31-21)26(34)30-16-20-6-2-4-14-28-20/h1-14H,15-16H2,(H,29,33)(H,30,34). The van der Waals surface area contributed by atoms with Crippen molar-refractivity contribution in [3.05, 3.63) is 108 Å². The number of amides is 2. The van der Waals surface area contributed by atoms with Crippen molar-refractivity contribution >= 4 is 33.6 Å². The predicted octanol–water partition coefficient (Wildman–Crippen LogP) is 3.43. The minimum Gasteiger partial charge on any atom is -0.345 e. The number of carbonyl (C=O) groups is 2.